The summed E-state index contributed by atoms with van der Waals surface area (Å²) in [6, 6.07) is 69.5. The lowest BCUT2D eigenvalue weighted by molar-refractivity contribution is 1.19. The van der Waals surface area contributed by atoms with Crippen molar-refractivity contribution in [2.24, 2.45) is 0 Å². The van der Waals surface area contributed by atoms with Gasteiger partial charge in [0.1, 0.15) is 0 Å². The van der Waals surface area contributed by atoms with Gasteiger partial charge in [0, 0.05) is 62.6 Å². The lowest BCUT2D eigenvalue weighted by Gasteiger charge is -2.20. The maximum Gasteiger partial charge on any atom is 0.161 e. The van der Waals surface area contributed by atoms with Gasteiger partial charge in [0.25, 0.3) is 0 Å². The minimum atomic E-state index is 0.698. The second kappa shape index (κ2) is 13.5. The fourth-order valence-electron chi connectivity index (χ4n) is 8.20. The molecule has 0 spiro atoms. The van der Waals surface area contributed by atoms with Crippen molar-refractivity contribution in [3.8, 4) is 67.3 Å². The first-order chi connectivity index (χ1) is 27.8. The van der Waals surface area contributed by atoms with E-state index in [0.29, 0.717) is 5.82 Å². The fourth-order valence-corrected chi connectivity index (χ4v) is 10.6. The molecule has 0 radical (unpaired) electrons. The number of thiophene rings is 2. The van der Waals surface area contributed by atoms with Crippen LogP contribution in [0.25, 0.3) is 108 Å². The summed E-state index contributed by atoms with van der Waals surface area (Å²) >= 11 is 3.67. The Balaban J connectivity index is 1.25. The molecule has 0 bridgehead atoms. The third kappa shape index (κ3) is 5.45. The first-order valence-corrected chi connectivity index (χ1v) is 20.5. The smallest absolute Gasteiger partial charge is 0.161 e. The van der Waals surface area contributed by atoms with E-state index in [1.54, 1.807) is 0 Å². The quantitative estimate of drug-likeness (QED) is 0.169. The summed E-state index contributed by atoms with van der Waals surface area (Å²) in [6.07, 6.45) is 0. The van der Waals surface area contributed by atoms with Gasteiger partial charge >= 0.3 is 0 Å². The number of nitrogens with zero attached hydrogens (tertiary/aromatic N) is 2. The van der Waals surface area contributed by atoms with Gasteiger partial charge in [-0.15, -0.1) is 22.7 Å². The average Bonchev–Trinajstić information content (AvgIpc) is 3.85. The zero-order valence-electron chi connectivity index (χ0n) is 30.2. The molecular weight excluding hydrogens is 717 g/mol. The number of benzene rings is 8. The summed E-state index contributed by atoms with van der Waals surface area (Å²) in [6.45, 7) is 0. The van der Waals surface area contributed by atoms with Crippen molar-refractivity contribution in [3.05, 3.63) is 194 Å². The zero-order chi connectivity index (χ0) is 37.0. The Bertz CT molecular complexity index is 3100. The Kier molecular flexibility index (Phi) is 7.90. The molecule has 11 aromatic rings. The molecule has 0 saturated carbocycles. The average molecular weight is 749 g/mol. The van der Waals surface area contributed by atoms with Crippen LogP contribution in [0.5, 0.6) is 0 Å². The topological polar surface area (TPSA) is 25.8 Å². The van der Waals surface area contributed by atoms with Crippen LogP contribution < -0.4 is 0 Å². The molecule has 3 heterocycles. The highest BCUT2D eigenvalue weighted by molar-refractivity contribution is 7.26. The van der Waals surface area contributed by atoms with Crippen LogP contribution in [0, 0.1) is 0 Å². The van der Waals surface area contributed by atoms with E-state index in [9.17, 15) is 0 Å². The number of rotatable bonds is 6. The first kappa shape index (κ1) is 32.7. The largest absolute Gasteiger partial charge is 0.228 e. The second-order valence-corrected chi connectivity index (χ2v) is 16.1. The summed E-state index contributed by atoms with van der Waals surface area (Å²) in [4.78, 5) is 11.1. The van der Waals surface area contributed by atoms with Gasteiger partial charge in [0.2, 0.25) is 0 Å². The van der Waals surface area contributed by atoms with Crippen molar-refractivity contribution in [1.82, 2.24) is 9.97 Å². The summed E-state index contributed by atoms with van der Waals surface area (Å²) < 4.78 is 5.01. The molecule has 4 heteroatoms. The van der Waals surface area contributed by atoms with Gasteiger partial charge in [-0.1, -0.05) is 170 Å². The molecule has 0 atom stereocenters. The lowest BCUT2D eigenvalue weighted by Crippen LogP contribution is -2.00. The van der Waals surface area contributed by atoms with Crippen LogP contribution in [0.1, 0.15) is 0 Å². The maximum atomic E-state index is 5.56. The van der Waals surface area contributed by atoms with E-state index in [-0.39, 0.29) is 0 Å². The van der Waals surface area contributed by atoms with E-state index in [0.717, 1.165) is 50.3 Å². The van der Waals surface area contributed by atoms with E-state index >= 15 is 0 Å². The molecule has 0 aliphatic carbocycles. The third-order valence-corrected chi connectivity index (χ3v) is 13.2. The molecule has 2 nitrogen and oxygen atoms in total. The number of aromatic nitrogens is 2. The van der Waals surface area contributed by atoms with Crippen LogP contribution in [-0.4, -0.2) is 9.97 Å². The first-order valence-electron chi connectivity index (χ1n) is 18.8. The molecular formula is C52H32N2S2. The highest BCUT2D eigenvalue weighted by Crippen LogP contribution is 2.47. The number of hydrogen-bond donors (Lipinski definition) is 0. The van der Waals surface area contributed by atoms with Gasteiger partial charge < -0.3 is 0 Å². The minimum absolute atomic E-state index is 0.698. The molecule has 0 aliphatic rings. The molecule has 11 rings (SSSR count). The van der Waals surface area contributed by atoms with Gasteiger partial charge in [-0.3, -0.25) is 0 Å². The van der Waals surface area contributed by atoms with Crippen molar-refractivity contribution >= 4 is 63.0 Å². The van der Waals surface area contributed by atoms with Gasteiger partial charge in [0.15, 0.2) is 5.82 Å². The summed E-state index contributed by atoms with van der Waals surface area (Å²) in [5.41, 5.74) is 11.9. The van der Waals surface area contributed by atoms with Crippen LogP contribution in [0.3, 0.4) is 0 Å². The van der Waals surface area contributed by atoms with Crippen molar-refractivity contribution in [3.63, 3.8) is 0 Å². The van der Waals surface area contributed by atoms with Crippen LogP contribution >= 0.6 is 22.7 Å². The van der Waals surface area contributed by atoms with Gasteiger partial charge in [-0.2, -0.15) is 0 Å². The van der Waals surface area contributed by atoms with Crippen molar-refractivity contribution in [1.29, 1.82) is 0 Å². The van der Waals surface area contributed by atoms with Crippen LogP contribution in [0.4, 0.5) is 0 Å². The summed E-state index contributed by atoms with van der Waals surface area (Å²) in [5.74, 6) is 0.698. The Morgan fingerprint density at radius 2 is 0.714 bits per heavy atom. The zero-order valence-corrected chi connectivity index (χ0v) is 31.8. The molecule has 0 amide bonds. The fraction of sp³-hybridized carbons (Fsp3) is 0. The molecule has 0 aliphatic heterocycles. The Morgan fingerprint density at radius 1 is 0.304 bits per heavy atom. The normalized spacial score (nSPS) is 11.6. The highest BCUT2D eigenvalue weighted by Gasteiger charge is 2.23. The highest BCUT2D eigenvalue weighted by atomic mass is 32.1. The molecule has 0 saturated heterocycles. The number of hydrogen-bond acceptors (Lipinski definition) is 4. The Labute approximate surface area is 332 Å². The van der Waals surface area contributed by atoms with E-state index in [1.165, 1.54) is 51.5 Å². The van der Waals surface area contributed by atoms with Crippen LogP contribution in [-0.2, 0) is 0 Å². The minimum Gasteiger partial charge on any atom is -0.228 e. The van der Waals surface area contributed by atoms with E-state index in [2.05, 4.69) is 194 Å². The molecule has 0 fully saturated rings. The Hall–Kier alpha value is -6.72. The standard InChI is InChI=1S/C52H32N2S2/c1-4-16-33(17-5-1)36-30-31-43(49(35-20-8-3-9-21-35)48(36)34-18-6-2-7-19-34)52-53-44(41-26-14-24-39-37-22-10-12-28-46(37)55-50(39)41)32-45(54-52)42-27-15-25-40-38-23-11-13-29-47(38)56-51(40)42/h1-32H. The van der Waals surface area contributed by atoms with Gasteiger partial charge in [0.05, 0.1) is 11.4 Å². The van der Waals surface area contributed by atoms with Crippen LogP contribution in [0.15, 0.2) is 194 Å². The predicted molar refractivity (Wildman–Crippen MR) is 240 cm³/mol. The monoisotopic (exact) mass is 748 g/mol. The van der Waals surface area contributed by atoms with Crippen molar-refractivity contribution in [2.75, 3.05) is 0 Å². The van der Waals surface area contributed by atoms with Gasteiger partial charge in [-0.25, -0.2) is 9.97 Å². The maximum absolute atomic E-state index is 5.56. The molecule has 3 aromatic heterocycles. The Morgan fingerprint density at radius 3 is 1.23 bits per heavy atom. The molecule has 0 unspecified atom stereocenters. The lowest BCUT2D eigenvalue weighted by atomic mass is 9.84. The van der Waals surface area contributed by atoms with Crippen molar-refractivity contribution < 1.29 is 0 Å². The second-order valence-electron chi connectivity index (χ2n) is 14.0. The van der Waals surface area contributed by atoms with E-state index in [1.807, 2.05) is 22.7 Å². The summed E-state index contributed by atoms with van der Waals surface area (Å²) in [5, 5.41) is 5.04. The molecule has 56 heavy (non-hydrogen) atoms. The third-order valence-electron chi connectivity index (χ3n) is 10.7. The van der Waals surface area contributed by atoms with E-state index in [4.69, 9.17) is 9.97 Å². The molecule has 262 valence electrons. The molecule has 0 N–H and O–H groups in total. The van der Waals surface area contributed by atoms with Gasteiger partial charge in [-0.05, 0) is 52.1 Å². The molecule has 8 aromatic carbocycles. The van der Waals surface area contributed by atoms with Crippen LogP contribution in [0.2, 0.25) is 0 Å². The van der Waals surface area contributed by atoms with Crippen molar-refractivity contribution in [2.45, 2.75) is 0 Å². The summed E-state index contributed by atoms with van der Waals surface area (Å²) in [7, 11) is 0. The predicted octanol–water partition coefficient (Wildman–Crippen LogP) is 15.2. The SMILES string of the molecule is c1ccc(-c2ccc(-c3nc(-c4cccc5c4sc4ccccc45)cc(-c4cccc5c4sc4ccccc45)n3)c(-c3ccccc3)c2-c2ccccc2)cc1. The number of fused-ring (bicyclic) bond motifs is 6. The van der Waals surface area contributed by atoms with E-state index < -0.39 is 0 Å².